The van der Waals surface area contributed by atoms with Gasteiger partial charge in [-0.1, -0.05) is 29.8 Å². The van der Waals surface area contributed by atoms with Crippen LogP contribution < -0.4 is 5.32 Å². The number of hydrogen-bond acceptors (Lipinski definition) is 4. The van der Waals surface area contributed by atoms with E-state index >= 15 is 0 Å². The van der Waals surface area contributed by atoms with Crippen LogP contribution in [0.5, 0.6) is 0 Å². The van der Waals surface area contributed by atoms with Crippen molar-refractivity contribution in [1.82, 2.24) is 10.2 Å². The number of morpholine rings is 1. The molecule has 2 aliphatic heterocycles. The summed E-state index contributed by atoms with van der Waals surface area (Å²) in [6.45, 7) is 3.88. The second-order valence-electron chi connectivity index (χ2n) is 6.60. The summed E-state index contributed by atoms with van der Waals surface area (Å²) in [5.41, 5.74) is 0.533. The molecule has 0 aliphatic carbocycles. The molecule has 2 fully saturated rings. The van der Waals surface area contributed by atoms with Gasteiger partial charge in [0, 0.05) is 24.2 Å². The zero-order chi connectivity index (χ0) is 17.0. The summed E-state index contributed by atoms with van der Waals surface area (Å²) in [6.07, 6.45) is 1.46. The van der Waals surface area contributed by atoms with Gasteiger partial charge in [0.25, 0.3) is 0 Å². The first-order valence-electron chi connectivity index (χ1n) is 8.51. The van der Waals surface area contributed by atoms with E-state index in [0.717, 1.165) is 31.5 Å². The first kappa shape index (κ1) is 17.7. The number of benzene rings is 1. The fourth-order valence-electron chi connectivity index (χ4n) is 3.70. The third-order valence-electron chi connectivity index (χ3n) is 5.04. The molecule has 0 saturated carbocycles. The van der Waals surface area contributed by atoms with Crippen LogP contribution in [0.4, 0.5) is 0 Å². The molecule has 5 nitrogen and oxygen atoms in total. The summed E-state index contributed by atoms with van der Waals surface area (Å²) in [5.74, 6) is 0.186. The minimum atomic E-state index is -0.414. The fraction of sp³-hybridized carbons (Fsp3) is 0.611. The Kier molecular flexibility index (Phi) is 5.76. The molecular formula is C18H25ClN2O3. The number of nitrogens with zero attached hydrogens (tertiary/aromatic N) is 1. The average molecular weight is 353 g/mol. The van der Waals surface area contributed by atoms with Gasteiger partial charge < -0.3 is 19.7 Å². The Bertz CT molecular complexity index is 570. The third-order valence-corrected chi connectivity index (χ3v) is 5.38. The molecule has 1 N–H and O–H groups in total. The molecule has 132 valence electrons. The molecule has 2 heterocycles. The summed E-state index contributed by atoms with van der Waals surface area (Å²) in [6, 6.07) is 7.68. The lowest BCUT2D eigenvalue weighted by molar-refractivity contribution is -0.155. The predicted molar refractivity (Wildman–Crippen MR) is 93.1 cm³/mol. The third kappa shape index (κ3) is 3.59. The highest BCUT2D eigenvalue weighted by molar-refractivity contribution is 6.31. The molecule has 0 spiro atoms. The molecule has 2 aliphatic rings. The molecule has 1 atom stereocenters. The molecule has 1 aromatic rings. The van der Waals surface area contributed by atoms with Gasteiger partial charge in [0.05, 0.1) is 25.2 Å². The minimum absolute atomic E-state index is 0.169. The van der Waals surface area contributed by atoms with E-state index in [9.17, 15) is 4.79 Å². The standard InChI is InChI=1S/C18H25ClN2O3/c1-23-13-18(6-8-20-9-7-18)17(22)21-10-11-24-16(12-21)14-4-2-3-5-15(14)19/h2-5,16,20H,6-13H2,1H3. The molecule has 1 aromatic carbocycles. The molecule has 2 saturated heterocycles. The van der Waals surface area contributed by atoms with Crippen LogP contribution in [0.1, 0.15) is 24.5 Å². The number of rotatable bonds is 4. The van der Waals surface area contributed by atoms with E-state index in [1.54, 1.807) is 7.11 Å². The highest BCUT2D eigenvalue weighted by Crippen LogP contribution is 2.34. The van der Waals surface area contributed by atoms with Gasteiger partial charge in [0.1, 0.15) is 6.10 Å². The van der Waals surface area contributed by atoms with Gasteiger partial charge in [0.15, 0.2) is 0 Å². The number of methoxy groups -OCH3 is 1. The Morgan fingerprint density at radius 1 is 1.42 bits per heavy atom. The van der Waals surface area contributed by atoms with Gasteiger partial charge in [-0.25, -0.2) is 0 Å². The van der Waals surface area contributed by atoms with Gasteiger partial charge in [0.2, 0.25) is 5.91 Å². The Hall–Kier alpha value is -1.14. The second-order valence-corrected chi connectivity index (χ2v) is 7.00. The van der Waals surface area contributed by atoms with Crippen LogP contribution in [-0.2, 0) is 14.3 Å². The topological polar surface area (TPSA) is 50.8 Å². The average Bonchev–Trinajstić information content (AvgIpc) is 2.62. The molecular weight excluding hydrogens is 328 g/mol. The van der Waals surface area contributed by atoms with E-state index in [0.29, 0.717) is 31.3 Å². The number of carbonyl (C=O) groups excluding carboxylic acids is 1. The van der Waals surface area contributed by atoms with Crippen molar-refractivity contribution in [2.75, 3.05) is 46.5 Å². The SMILES string of the molecule is COCC1(C(=O)N2CCOC(c3ccccc3Cl)C2)CCNCC1. The molecule has 0 bridgehead atoms. The summed E-state index contributed by atoms with van der Waals surface area (Å²) >= 11 is 6.30. The van der Waals surface area contributed by atoms with Crippen molar-refractivity contribution in [1.29, 1.82) is 0 Å². The van der Waals surface area contributed by atoms with Crippen LogP contribution in [0.2, 0.25) is 5.02 Å². The smallest absolute Gasteiger partial charge is 0.231 e. The Labute approximate surface area is 148 Å². The van der Waals surface area contributed by atoms with Gasteiger partial charge in [-0.05, 0) is 32.0 Å². The highest BCUT2D eigenvalue weighted by atomic mass is 35.5. The summed E-state index contributed by atoms with van der Waals surface area (Å²) in [4.78, 5) is 15.2. The molecule has 1 amide bonds. The lowest BCUT2D eigenvalue weighted by Gasteiger charge is -2.42. The first-order valence-corrected chi connectivity index (χ1v) is 8.89. The number of nitrogens with one attached hydrogen (secondary N) is 1. The van der Waals surface area contributed by atoms with Gasteiger partial charge >= 0.3 is 0 Å². The molecule has 0 aromatic heterocycles. The van der Waals surface area contributed by atoms with Gasteiger partial charge in [-0.3, -0.25) is 4.79 Å². The number of halogens is 1. The Morgan fingerprint density at radius 2 is 2.17 bits per heavy atom. The number of ether oxygens (including phenoxy) is 2. The molecule has 6 heteroatoms. The van der Waals surface area contributed by atoms with Crippen molar-refractivity contribution in [2.45, 2.75) is 18.9 Å². The van der Waals surface area contributed by atoms with Crippen LogP contribution in [-0.4, -0.2) is 57.3 Å². The van der Waals surface area contributed by atoms with Crippen molar-refractivity contribution >= 4 is 17.5 Å². The number of amides is 1. The van der Waals surface area contributed by atoms with Crippen molar-refractivity contribution in [3.63, 3.8) is 0 Å². The van der Waals surface area contributed by atoms with Crippen molar-refractivity contribution in [2.24, 2.45) is 5.41 Å². The minimum Gasteiger partial charge on any atom is -0.384 e. The first-order chi connectivity index (χ1) is 11.7. The Balaban J connectivity index is 1.76. The largest absolute Gasteiger partial charge is 0.384 e. The maximum atomic E-state index is 13.3. The van der Waals surface area contributed by atoms with E-state index < -0.39 is 5.41 Å². The van der Waals surface area contributed by atoms with E-state index in [1.165, 1.54) is 0 Å². The normalized spacial score (nSPS) is 23.9. The molecule has 3 rings (SSSR count). The molecule has 0 radical (unpaired) electrons. The predicted octanol–water partition coefficient (Wildman–Crippen LogP) is 2.26. The van der Waals surface area contributed by atoms with Gasteiger partial charge in [-0.2, -0.15) is 0 Å². The highest BCUT2D eigenvalue weighted by Gasteiger charge is 2.43. The van der Waals surface area contributed by atoms with Crippen LogP contribution in [0.15, 0.2) is 24.3 Å². The zero-order valence-electron chi connectivity index (χ0n) is 14.1. The Morgan fingerprint density at radius 3 is 2.88 bits per heavy atom. The summed E-state index contributed by atoms with van der Waals surface area (Å²) in [7, 11) is 1.67. The van der Waals surface area contributed by atoms with E-state index in [4.69, 9.17) is 21.1 Å². The lowest BCUT2D eigenvalue weighted by atomic mass is 9.78. The quantitative estimate of drug-likeness (QED) is 0.903. The monoisotopic (exact) mass is 352 g/mol. The van der Waals surface area contributed by atoms with Crippen molar-refractivity contribution < 1.29 is 14.3 Å². The van der Waals surface area contributed by atoms with Crippen LogP contribution in [0, 0.1) is 5.41 Å². The maximum absolute atomic E-state index is 13.3. The summed E-state index contributed by atoms with van der Waals surface area (Å²) in [5, 5.41) is 4.01. The lowest BCUT2D eigenvalue weighted by Crippen LogP contribution is -2.54. The number of hydrogen-bond donors (Lipinski definition) is 1. The number of carbonyl (C=O) groups is 1. The van der Waals surface area contributed by atoms with E-state index in [2.05, 4.69) is 5.32 Å². The van der Waals surface area contributed by atoms with E-state index in [-0.39, 0.29) is 12.0 Å². The number of piperidine rings is 1. The van der Waals surface area contributed by atoms with E-state index in [1.807, 2.05) is 29.2 Å². The zero-order valence-corrected chi connectivity index (χ0v) is 14.8. The van der Waals surface area contributed by atoms with Crippen LogP contribution >= 0.6 is 11.6 Å². The van der Waals surface area contributed by atoms with Crippen molar-refractivity contribution in [3.05, 3.63) is 34.9 Å². The fourth-order valence-corrected chi connectivity index (χ4v) is 3.95. The maximum Gasteiger partial charge on any atom is 0.231 e. The summed E-state index contributed by atoms with van der Waals surface area (Å²) < 4.78 is 11.3. The van der Waals surface area contributed by atoms with Crippen LogP contribution in [0.3, 0.4) is 0 Å². The van der Waals surface area contributed by atoms with Crippen molar-refractivity contribution in [3.8, 4) is 0 Å². The second kappa shape index (κ2) is 7.83. The molecule has 1 unspecified atom stereocenters. The van der Waals surface area contributed by atoms with Crippen LogP contribution in [0.25, 0.3) is 0 Å². The van der Waals surface area contributed by atoms with Gasteiger partial charge in [-0.15, -0.1) is 0 Å². The molecule has 24 heavy (non-hydrogen) atoms.